The number of nitrogens with zero attached hydrogens (tertiary/aromatic N) is 1. The van der Waals surface area contributed by atoms with Crippen LogP contribution in [-0.2, 0) is 4.79 Å². The number of hydrogen-bond acceptors (Lipinski definition) is 5. The van der Waals surface area contributed by atoms with E-state index in [1.807, 2.05) is 30.3 Å². The van der Waals surface area contributed by atoms with E-state index in [4.69, 9.17) is 14.7 Å². The Hall–Kier alpha value is -3.17. The van der Waals surface area contributed by atoms with Crippen molar-refractivity contribution in [1.29, 1.82) is 5.26 Å². The molecule has 5 nitrogen and oxygen atoms in total. The Kier molecular flexibility index (Phi) is 8.70. The van der Waals surface area contributed by atoms with Crippen molar-refractivity contribution in [3.05, 3.63) is 66.8 Å². The zero-order valence-corrected chi connectivity index (χ0v) is 16.5. The van der Waals surface area contributed by atoms with Gasteiger partial charge in [0.1, 0.15) is 6.61 Å². The minimum absolute atomic E-state index is 0.237. The highest BCUT2D eigenvalue weighted by atomic mass is 32.2. The maximum atomic E-state index is 12.3. The second-order valence-corrected chi connectivity index (χ2v) is 6.72. The van der Waals surface area contributed by atoms with Gasteiger partial charge in [-0.3, -0.25) is 4.79 Å². The number of benzene rings is 2. The average Bonchev–Trinajstić information content (AvgIpc) is 2.72. The van der Waals surface area contributed by atoms with Gasteiger partial charge in [0.25, 0.3) is 0 Å². The molecule has 0 unspecified atom stereocenters. The highest BCUT2D eigenvalue weighted by Crippen LogP contribution is 2.29. The lowest BCUT2D eigenvalue weighted by molar-refractivity contribution is -0.111. The van der Waals surface area contributed by atoms with E-state index in [0.717, 1.165) is 16.1 Å². The Morgan fingerprint density at radius 2 is 2.11 bits per heavy atom. The summed E-state index contributed by atoms with van der Waals surface area (Å²) in [4.78, 5) is 13.2. The van der Waals surface area contributed by atoms with Crippen molar-refractivity contribution in [3.8, 4) is 17.6 Å². The van der Waals surface area contributed by atoms with Crippen molar-refractivity contribution in [2.75, 3.05) is 24.8 Å². The SMILES string of the molecule is C=CCOc1ccc(/C=C/C(=O)Nc2ccccc2SCCC#N)cc1OC. The van der Waals surface area contributed by atoms with Gasteiger partial charge in [0, 0.05) is 23.1 Å². The molecule has 0 bridgehead atoms. The van der Waals surface area contributed by atoms with Crippen LogP contribution in [0.2, 0.25) is 0 Å². The molecule has 2 aromatic rings. The molecule has 144 valence electrons. The van der Waals surface area contributed by atoms with Crippen LogP contribution in [0.1, 0.15) is 12.0 Å². The molecule has 0 aliphatic heterocycles. The molecule has 0 aliphatic rings. The second kappa shape index (κ2) is 11.5. The Morgan fingerprint density at radius 1 is 1.29 bits per heavy atom. The second-order valence-electron chi connectivity index (χ2n) is 5.59. The number of para-hydroxylation sites is 1. The van der Waals surface area contributed by atoms with Crippen molar-refractivity contribution in [3.63, 3.8) is 0 Å². The monoisotopic (exact) mass is 394 g/mol. The lowest BCUT2D eigenvalue weighted by atomic mass is 10.2. The zero-order valence-electron chi connectivity index (χ0n) is 15.7. The molecule has 0 saturated heterocycles. The number of carbonyl (C=O) groups excluding carboxylic acids is 1. The summed E-state index contributed by atoms with van der Waals surface area (Å²) >= 11 is 1.54. The van der Waals surface area contributed by atoms with Crippen LogP contribution in [0.5, 0.6) is 11.5 Å². The van der Waals surface area contributed by atoms with E-state index in [9.17, 15) is 4.79 Å². The minimum atomic E-state index is -0.237. The molecule has 0 fully saturated rings. The Balaban J connectivity index is 2.04. The fraction of sp³-hybridized carbons (Fsp3) is 0.182. The first-order valence-corrected chi connectivity index (χ1v) is 9.66. The number of carbonyl (C=O) groups is 1. The van der Waals surface area contributed by atoms with E-state index < -0.39 is 0 Å². The number of thioether (sulfide) groups is 1. The van der Waals surface area contributed by atoms with Crippen molar-refractivity contribution in [2.45, 2.75) is 11.3 Å². The summed E-state index contributed by atoms with van der Waals surface area (Å²) in [6, 6.07) is 15.1. The molecule has 28 heavy (non-hydrogen) atoms. The van der Waals surface area contributed by atoms with Gasteiger partial charge in [-0.1, -0.05) is 30.9 Å². The number of amides is 1. The number of hydrogen-bond donors (Lipinski definition) is 1. The Labute approximate surface area is 169 Å². The van der Waals surface area contributed by atoms with Gasteiger partial charge in [0.2, 0.25) is 5.91 Å². The fourth-order valence-corrected chi connectivity index (χ4v) is 3.17. The quantitative estimate of drug-likeness (QED) is 0.268. The first-order valence-electron chi connectivity index (χ1n) is 8.67. The lowest BCUT2D eigenvalue weighted by Crippen LogP contribution is -2.08. The van der Waals surface area contributed by atoms with Crippen molar-refractivity contribution < 1.29 is 14.3 Å². The highest BCUT2D eigenvalue weighted by Gasteiger charge is 2.06. The third-order valence-electron chi connectivity index (χ3n) is 3.59. The van der Waals surface area contributed by atoms with Crippen molar-refractivity contribution in [1.82, 2.24) is 0 Å². The van der Waals surface area contributed by atoms with Gasteiger partial charge in [-0.25, -0.2) is 0 Å². The van der Waals surface area contributed by atoms with Gasteiger partial charge in [-0.05, 0) is 35.9 Å². The maximum absolute atomic E-state index is 12.3. The fourth-order valence-electron chi connectivity index (χ4n) is 2.30. The standard InChI is InChI=1S/C22H22N2O3S/c1-3-14-27-19-11-9-17(16-20(19)26-2)10-12-22(25)24-18-7-4-5-8-21(18)28-15-6-13-23/h3-5,7-12,16H,1,6,14-15H2,2H3,(H,24,25)/b12-10+. The van der Waals surface area contributed by atoms with Gasteiger partial charge in [0.05, 0.1) is 18.9 Å². The molecule has 0 radical (unpaired) electrons. The van der Waals surface area contributed by atoms with E-state index in [1.54, 1.807) is 43.2 Å². The van der Waals surface area contributed by atoms with Crippen LogP contribution in [0.4, 0.5) is 5.69 Å². The van der Waals surface area contributed by atoms with E-state index in [2.05, 4.69) is 18.0 Å². The molecule has 0 atom stereocenters. The predicted molar refractivity (Wildman–Crippen MR) is 114 cm³/mol. The van der Waals surface area contributed by atoms with Crippen LogP contribution >= 0.6 is 11.8 Å². The van der Waals surface area contributed by atoms with Gasteiger partial charge in [-0.2, -0.15) is 5.26 Å². The van der Waals surface area contributed by atoms with E-state index in [1.165, 1.54) is 6.08 Å². The highest BCUT2D eigenvalue weighted by molar-refractivity contribution is 7.99. The third-order valence-corrected chi connectivity index (χ3v) is 4.66. The summed E-state index contributed by atoms with van der Waals surface area (Å²) in [7, 11) is 1.57. The molecule has 0 heterocycles. The van der Waals surface area contributed by atoms with Crippen LogP contribution in [-0.4, -0.2) is 25.4 Å². The smallest absolute Gasteiger partial charge is 0.248 e. The summed E-state index contributed by atoms with van der Waals surface area (Å²) in [6.45, 7) is 4.01. The Bertz CT molecular complexity index is 888. The summed E-state index contributed by atoms with van der Waals surface area (Å²) in [5, 5.41) is 11.5. The minimum Gasteiger partial charge on any atom is -0.493 e. The molecule has 1 N–H and O–H groups in total. The number of nitrogens with one attached hydrogen (secondary N) is 1. The van der Waals surface area contributed by atoms with Crippen LogP contribution in [0, 0.1) is 11.3 Å². The lowest BCUT2D eigenvalue weighted by Gasteiger charge is -2.10. The van der Waals surface area contributed by atoms with Crippen LogP contribution < -0.4 is 14.8 Å². The molecule has 0 aliphatic carbocycles. The predicted octanol–water partition coefficient (Wildman–Crippen LogP) is 4.92. The van der Waals surface area contributed by atoms with Gasteiger partial charge in [0.15, 0.2) is 11.5 Å². The molecule has 1 amide bonds. The average molecular weight is 394 g/mol. The number of anilines is 1. The number of methoxy groups -OCH3 is 1. The molecular weight excluding hydrogens is 372 g/mol. The van der Waals surface area contributed by atoms with E-state index in [-0.39, 0.29) is 5.91 Å². The summed E-state index contributed by atoms with van der Waals surface area (Å²) in [5.74, 6) is 1.65. The summed E-state index contributed by atoms with van der Waals surface area (Å²) < 4.78 is 10.8. The molecular formula is C22H22N2O3S. The van der Waals surface area contributed by atoms with Crippen LogP contribution in [0.25, 0.3) is 6.08 Å². The molecule has 2 aromatic carbocycles. The van der Waals surface area contributed by atoms with Crippen LogP contribution in [0.15, 0.2) is 66.1 Å². The van der Waals surface area contributed by atoms with Crippen molar-refractivity contribution in [2.24, 2.45) is 0 Å². The maximum Gasteiger partial charge on any atom is 0.248 e. The molecule has 2 rings (SSSR count). The van der Waals surface area contributed by atoms with Crippen molar-refractivity contribution >= 4 is 29.4 Å². The van der Waals surface area contributed by atoms with Gasteiger partial charge >= 0.3 is 0 Å². The third kappa shape index (κ3) is 6.53. The molecule has 0 spiro atoms. The zero-order chi connectivity index (χ0) is 20.2. The molecule has 0 aromatic heterocycles. The first-order chi connectivity index (χ1) is 13.7. The number of rotatable bonds is 10. The van der Waals surface area contributed by atoms with Gasteiger partial charge in [-0.15, -0.1) is 11.8 Å². The first kappa shape index (κ1) is 21.1. The summed E-state index contributed by atoms with van der Waals surface area (Å²) in [5.41, 5.74) is 1.54. The van der Waals surface area contributed by atoms with Gasteiger partial charge < -0.3 is 14.8 Å². The Morgan fingerprint density at radius 3 is 2.86 bits per heavy atom. The molecule has 0 saturated carbocycles. The number of nitriles is 1. The molecule has 6 heteroatoms. The van der Waals surface area contributed by atoms with Crippen LogP contribution in [0.3, 0.4) is 0 Å². The topological polar surface area (TPSA) is 71.3 Å². The normalized spacial score (nSPS) is 10.3. The van der Waals surface area contributed by atoms with E-state index in [0.29, 0.717) is 30.3 Å². The summed E-state index contributed by atoms with van der Waals surface area (Å²) in [6.07, 6.45) is 5.30. The largest absolute Gasteiger partial charge is 0.493 e. The van der Waals surface area contributed by atoms with E-state index >= 15 is 0 Å². The number of ether oxygens (including phenoxy) is 2.